The maximum absolute atomic E-state index is 3.47. The molecule has 0 saturated heterocycles. The van der Waals surface area contributed by atoms with Crippen LogP contribution in [0.25, 0.3) is 0 Å². The molecule has 0 saturated carbocycles. The molecule has 0 fully saturated rings. The van der Waals surface area contributed by atoms with Crippen molar-refractivity contribution in [2.45, 2.75) is 19.6 Å². The van der Waals surface area contributed by atoms with Crippen molar-refractivity contribution in [1.82, 2.24) is 0 Å². The first-order valence-electron chi connectivity index (χ1n) is 2.45. The van der Waals surface area contributed by atoms with Crippen LogP contribution in [-0.4, -0.2) is 8.07 Å². The van der Waals surface area contributed by atoms with E-state index in [2.05, 4.69) is 51.5 Å². The second kappa shape index (κ2) is 3.18. The van der Waals surface area contributed by atoms with Crippen molar-refractivity contribution in [3.8, 4) is 0 Å². The first-order valence-corrected chi connectivity index (χ1v) is 7.65. The number of rotatable bonds is 1. The van der Waals surface area contributed by atoms with Crippen LogP contribution < -0.4 is 0 Å². The van der Waals surface area contributed by atoms with Crippen LogP contribution in [0.1, 0.15) is 0 Å². The summed E-state index contributed by atoms with van der Waals surface area (Å²) in [5.41, 5.74) is 0. The third-order valence-corrected chi connectivity index (χ3v) is 7.68. The molecule has 0 aliphatic rings. The minimum atomic E-state index is -1.03. The van der Waals surface area contributed by atoms with Crippen molar-refractivity contribution in [3.63, 3.8) is 0 Å². The molecular weight excluding hydrogens is 248 g/mol. The molecule has 0 spiro atoms. The number of hydrogen-bond donors (Lipinski definition) is 0. The van der Waals surface area contributed by atoms with Crippen LogP contribution in [0.2, 0.25) is 19.6 Å². The lowest BCUT2D eigenvalue weighted by atomic mass is 11.2. The summed E-state index contributed by atoms with van der Waals surface area (Å²) < 4.78 is 1.32. The molecule has 0 aliphatic carbocycles. The Balaban J connectivity index is 4.03. The molecule has 0 heterocycles. The Kier molecular flexibility index (Phi) is 3.54. The van der Waals surface area contributed by atoms with E-state index in [1.165, 1.54) is 4.11 Å². The van der Waals surface area contributed by atoms with Crippen LogP contribution in [0, 0.1) is 0 Å². The Hall–Kier alpha value is 0.917. The van der Waals surface area contributed by atoms with Gasteiger partial charge in [-0.3, -0.25) is 0 Å². The van der Waals surface area contributed by atoms with Gasteiger partial charge in [0.25, 0.3) is 0 Å². The molecule has 0 aromatic rings. The van der Waals surface area contributed by atoms with Gasteiger partial charge in [0.15, 0.2) is 0 Å². The van der Waals surface area contributed by atoms with E-state index in [-0.39, 0.29) is 0 Å². The highest BCUT2D eigenvalue weighted by atomic mass is 79.9. The Morgan fingerprint density at radius 1 is 1.38 bits per heavy atom. The zero-order chi connectivity index (χ0) is 6.78. The van der Waals surface area contributed by atoms with E-state index < -0.39 is 8.07 Å². The SMILES string of the molecule is C[Si](C)(C)/C(Br)=C/Br. The first-order chi connectivity index (χ1) is 3.48. The summed E-state index contributed by atoms with van der Waals surface area (Å²) in [7, 11) is -1.03. The molecule has 0 nitrogen and oxygen atoms in total. The van der Waals surface area contributed by atoms with Gasteiger partial charge in [0.05, 0.1) is 8.07 Å². The normalized spacial score (nSPS) is 14.4. The molecule has 0 atom stereocenters. The second-order valence-corrected chi connectivity index (χ2v) is 9.79. The van der Waals surface area contributed by atoms with Crippen LogP contribution in [0.5, 0.6) is 0 Å². The highest BCUT2D eigenvalue weighted by molar-refractivity contribution is 9.14. The largest absolute Gasteiger partial charge is 0.0872 e. The van der Waals surface area contributed by atoms with Crippen molar-refractivity contribution in [3.05, 3.63) is 9.09 Å². The molecule has 48 valence electrons. The molecule has 0 bridgehead atoms. The van der Waals surface area contributed by atoms with E-state index in [1.54, 1.807) is 0 Å². The summed E-state index contributed by atoms with van der Waals surface area (Å²) in [6.07, 6.45) is 0. The Labute approximate surface area is 68.6 Å². The van der Waals surface area contributed by atoms with Crippen molar-refractivity contribution in [2.75, 3.05) is 0 Å². The van der Waals surface area contributed by atoms with Gasteiger partial charge in [-0.1, -0.05) is 51.5 Å². The van der Waals surface area contributed by atoms with Gasteiger partial charge in [-0.15, -0.1) is 0 Å². The molecule has 0 aromatic carbocycles. The fourth-order valence-electron chi connectivity index (χ4n) is 0.164. The standard InChI is InChI=1S/C5H10Br2Si/c1-8(2,3)5(7)4-6/h4H,1-3H3/b5-4+. The predicted molar refractivity (Wildman–Crippen MR) is 49.3 cm³/mol. The monoisotopic (exact) mass is 256 g/mol. The van der Waals surface area contributed by atoms with Crippen LogP contribution >= 0.6 is 31.9 Å². The topological polar surface area (TPSA) is 0 Å². The summed E-state index contributed by atoms with van der Waals surface area (Å²) in [5, 5.41) is 0. The molecule has 0 aromatic heterocycles. The molecule has 0 rings (SSSR count). The zero-order valence-electron chi connectivity index (χ0n) is 5.33. The number of halogens is 2. The molecular formula is C5H10Br2Si. The Bertz CT molecular complexity index is 101. The summed E-state index contributed by atoms with van der Waals surface area (Å²) in [4.78, 5) is 1.96. The van der Waals surface area contributed by atoms with Crippen molar-refractivity contribution < 1.29 is 0 Å². The summed E-state index contributed by atoms with van der Waals surface area (Å²) in [6.45, 7) is 6.86. The number of hydrogen-bond acceptors (Lipinski definition) is 0. The average Bonchev–Trinajstić information content (AvgIpc) is 1.62. The molecule has 0 unspecified atom stereocenters. The fourth-order valence-corrected chi connectivity index (χ4v) is 2.55. The molecule has 0 amide bonds. The maximum atomic E-state index is 3.47. The highest BCUT2D eigenvalue weighted by Crippen LogP contribution is 2.21. The van der Waals surface area contributed by atoms with Crippen LogP contribution in [0.4, 0.5) is 0 Å². The van der Waals surface area contributed by atoms with E-state index >= 15 is 0 Å². The first kappa shape index (κ1) is 8.92. The van der Waals surface area contributed by atoms with Crippen molar-refractivity contribution in [2.24, 2.45) is 0 Å². The van der Waals surface area contributed by atoms with E-state index in [0.29, 0.717) is 0 Å². The molecule has 0 aliphatic heterocycles. The Morgan fingerprint density at radius 3 is 1.75 bits per heavy atom. The minimum Gasteiger partial charge on any atom is -0.0651 e. The van der Waals surface area contributed by atoms with Gasteiger partial charge >= 0.3 is 0 Å². The van der Waals surface area contributed by atoms with Gasteiger partial charge in [0, 0.05) is 0 Å². The molecule has 0 radical (unpaired) electrons. The maximum Gasteiger partial charge on any atom is 0.0872 e. The van der Waals surface area contributed by atoms with Gasteiger partial charge in [-0.2, -0.15) is 0 Å². The predicted octanol–water partition coefficient (Wildman–Crippen LogP) is 3.50. The molecule has 0 N–H and O–H groups in total. The highest BCUT2D eigenvalue weighted by Gasteiger charge is 2.15. The van der Waals surface area contributed by atoms with E-state index in [9.17, 15) is 0 Å². The van der Waals surface area contributed by atoms with Gasteiger partial charge < -0.3 is 0 Å². The van der Waals surface area contributed by atoms with Crippen LogP contribution in [-0.2, 0) is 0 Å². The van der Waals surface area contributed by atoms with Gasteiger partial charge in [-0.05, 0) is 9.09 Å². The molecule has 3 heteroatoms. The van der Waals surface area contributed by atoms with Crippen LogP contribution in [0.15, 0.2) is 9.09 Å². The molecule has 8 heavy (non-hydrogen) atoms. The Morgan fingerprint density at radius 2 is 1.75 bits per heavy atom. The van der Waals surface area contributed by atoms with E-state index in [0.717, 1.165) is 0 Å². The summed E-state index contributed by atoms with van der Waals surface area (Å²) >= 11 is 6.75. The lowest BCUT2D eigenvalue weighted by Gasteiger charge is -2.12. The lowest BCUT2D eigenvalue weighted by Crippen LogP contribution is -2.19. The van der Waals surface area contributed by atoms with E-state index in [4.69, 9.17) is 0 Å². The smallest absolute Gasteiger partial charge is 0.0651 e. The zero-order valence-corrected chi connectivity index (χ0v) is 9.51. The van der Waals surface area contributed by atoms with E-state index in [1.807, 2.05) is 4.99 Å². The summed E-state index contributed by atoms with van der Waals surface area (Å²) in [6, 6.07) is 0. The fraction of sp³-hybridized carbons (Fsp3) is 0.600. The summed E-state index contributed by atoms with van der Waals surface area (Å²) in [5.74, 6) is 0. The van der Waals surface area contributed by atoms with Gasteiger partial charge in [0.1, 0.15) is 0 Å². The van der Waals surface area contributed by atoms with Crippen LogP contribution in [0.3, 0.4) is 0 Å². The van der Waals surface area contributed by atoms with Gasteiger partial charge in [0.2, 0.25) is 0 Å². The minimum absolute atomic E-state index is 1.03. The average molecular weight is 258 g/mol. The van der Waals surface area contributed by atoms with Crippen molar-refractivity contribution >= 4 is 39.9 Å². The lowest BCUT2D eigenvalue weighted by molar-refractivity contribution is 1.76. The van der Waals surface area contributed by atoms with Crippen molar-refractivity contribution in [1.29, 1.82) is 0 Å². The quantitative estimate of drug-likeness (QED) is 0.631. The third kappa shape index (κ3) is 3.05. The second-order valence-electron chi connectivity index (χ2n) is 2.71. The van der Waals surface area contributed by atoms with Gasteiger partial charge in [-0.25, -0.2) is 0 Å². The third-order valence-electron chi connectivity index (χ3n) is 0.812.